The summed E-state index contributed by atoms with van der Waals surface area (Å²) in [5.41, 5.74) is 2.50. The fraction of sp³-hybridized carbons (Fsp3) is 0.286. The highest BCUT2D eigenvalue weighted by Gasteiger charge is 2.15. The number of ether oxygens (including phenoxy) is 1. The largest absolute Gasteiger partial charge is 0.496 e. The number of rotatable bonds is 5. The summed E-state index contributed by atoms with van der Waals surface area (Å²) in [5.74, 6) is 0.852. The summed E-state index contributed by atoms with van der Waals surface area (Å²) in [7, 11) is 1.68. The van der Waals surface area contributed by atoms with Gasteiger partial charge in [0.2, 0.25) is 0 Å². The van der Waals surface area contributed by atoms with Gasteiger partial charge in [0.1, 0.15) is 5.75 Å². The summed E-state index contributed by atoms with van der Waals surface area (Å²) in [5, 5.41) is 5.69. The second-order valence-corrected chi connectivity index (χ2v) is 7.21. The predicted molar refractivity (Wildman–Crippen MR) is 88.2 cm³/mol. The second-order valence-electron chi connectivity index (χ2n) is 4.07. The van der Waals surface area contributed by atoms with Crippen LogP contribution in [0.1, 0.15) is 24.1 Å². The fourth-order valence-electron chi connectivity index (χ4n) is 1.97. The predicted octanol–water partition coefficient (Wildman–Crippen LogP) is 4.98. The quantitative estimate of drug-likeness (QED) is 0.758. The van der Waals surface area contributed by atoms with Crippen LogP contribution in [0.5, 0.6) is 5.75 Å². The first-order valence-corrected chi connectivity index (χ1v) is 8.43. The molecule has 0 saturated heterocycles. The second kappa shape index (κ2) is 6.88. The molecule has 19 heavy (non-hydrogen) atoms. The van der Waals surface area contributed by atoms with Gasteiger partial charge in [-0.3, -0.25) is 0 Å². The molecule has 0 amide bonds. The van der Waals surface area contributed by atoms with E-state index < -0.39 is 0 Å². The third-order valence-corrected chi connectivity index (χ3v) is 4.98. The number of halogens is 2. The highest BCUT2D eigenvalue weighted by Crippen LogP contribution is 2.33. The lowest BCUT2D eigenvalue weighted by Gasteiger charge is -2.18. The Bertz CT molecular complexity index is 556. The van der Waals surface area contributed by atoms with Gasteiger partial charge in [-0.05, 0) is 73.1 Å². The Morgan fingerprint density at radius 3 is 2.58 bits per heavy atom. The first-order valence-electron chi connectivity index (χ1n) is 5.96. The standard InChI is InChI=1S/C14H15Br2NOS/c1-3-17-14(10-7-13(16)19-8-10)9-4-5-12(18-2)11(15)6-9/h4-8,14,17H,3H2,1-2H3. The van der Waals surface area contributed by atoms with Gasteiger partial charge in [0.15, 0.2) is 0 Å². The van der Waals surface area contributed by atoms with Gasteiger partial charge in [0.05, 0.1) is 21.4 Å². The van der Waals surface area contributed by atoms with E-state index in [1.807, 2.05) is 6.07 Å². The molecular formula is C14H15Br2NOS. The normalized spacial score (nSPS) is 12.4. The Hall–Kier alpha value is -0.360. The zero-order valence-electron chi connectivity index (χ0n) is 10.7. The monoisotopic (exact) mass is 403 g/mol. The van der Waals surface area contributed by atoms with Crippen LogP contribution in [0.15, 0.2) is 37.9 Å². The zero-order chi connectivity index (χ0) is 13.8. The van der Waals surface area contributed by atoms with Crippen molar-refractivity contribution in [3.8, 4) is 5.75 Å². The summed E-state index contributed by atoms with van der Waals surface area (Å²) < 4.78 is 7.40. The molecule has 0 bridgehead atoms. The first kappa shape index (κ1) is 15.0. The van der Waals surface area contributed by atoms with Gasteiger partial charge in [0.25, 0.3) is 0 Å². The molecule has 0 spiro atoms. The van der Waals surface area contributed by atoms with Crippen LogP contribution in [0.25, 0.3) is 0 Å². The van der Waals surface area contributed by atoms with E-state index >= 15 is 0 Å². The van der Waals surface area contributed by atoms with E-state index in [0.29, 0.717) is 0 Å². The van der Waals surface area contributed by atoms with Crippen molar-refractivity contribution in [1.29, 1.82) is 0 Å². The lowest BCUT2D eigenvalue weighted by molar-refractivity contribution is 0.412. The third kappa shape index (κ3) is 3.60. The maximum Gasteiger partial charge on any atom is 0.133 e. The van der Waals surface area contributed by atoms with Crippen molar-refractivity contribution in [2.45, 2.75) is 13.0 Å². The van der Waals surface area contributed by atoms with Crippen molar-refractivity contribution in [2.75, 3.05) is 13.7 Å². The Kier molecular flexibility index (Phi) is 5.45. The van der Waals surface area contributed by atoms with Crippen LogP contribution in [-0.2, 0) is 0 Å². The number of thiophene rings is 1. The molecule has 1 unspecified atom stereocenters. The van der Waals surface area contributed by atoms with E-state index in [4.69, 9.17) is 4.74 Å². The van der Waals surface area contributed by atoms with Gasteiger partial charge < -0.3 is 10.1 Å². The van der Waals surface area contributed by atoms with Crippen molar-refractivity contribution in [1.82, 2.24) is 5.32 Å². The van der Waals surface area contributed by atoms with Gasteiger partial charge in [-0.2, -0.15) is 0 Å². The lowest BCUT2D eigenvalue weighted by Crippen LogP contribution is -2.21. The van der Waals surface area contributed by atoms with E-state index in [0.717, 1.165) is 20.6 Å². The Morgan fingerprint density at radius 2 is 2.05 bits per heavy atom. The lowest BCUT2D eigenvalue weighted by atomic mass is 10.0. The molecule has 0 aliphatic carbocycles. The molecule has 0 aliphatic rings. The summed E-state index contributed by atoms with van der Waals surface area (Å²) in [4.78, 5) is 0. The highest BCUT2D eigenvalue weighted by atomic mass is 79.9. The van der Waals surface area contributed by atoms with Gasteiger partial charge >= 0.3 is 0 Å². The molecule has 2 rings (SSSR count). The first-order chi connectivity index (χ1) is 9.15. The summed E-state index contributed by atoms with van der Waals surface area (Å²) in [6.07, 6.45) is 0. The van der Waals surface area contributed by atoms with Crippen molar-refractivity contribution < 1.29 is 4.74 Å². The van der Waals surface area contributed by atoms with Gasteiger partial charge in [-0.1, -0.05) is 13.0 Å². The topological polar surface area (TPSA) is 21.3 Å². The van der Waals surface area contributed by atoms with Crippen LogP contribution < -0.4 is 10.1 Å². The average molecular weight is 405 g/mol. The molecule has 0 radical (unpaired) electrons. The molecule has 1 heterocycles. The number of hydrogen-bond donors (Lipinski definition) is 1. The Labute approximate surface area is 134 Å². The number of nitrogens with one attached hydrogen (secondary N) is 1. The minimum absolute atomic E-state index is 0.203. The molecule has 1 aromatic carbocycles. The molecule has 0 saturated carbocycles. The fourth-order valence-corrected chi connectivity index (χ4v) is 3.73. The third-order valence-electron chi connectivity index (χ3n) is 2.84. The summed E-state index contributed by atoms with van der Waals surface area (Å²) in [6.45, 7) is 3.04. The molecule has 2 nitrogen and oxygen atoms in total. The number of hydrogen-bond acceptors (Lipinski definition) is 3. The molecule has 2 aromatic rings. The van der Waals surface area contributed by atoms with Gasteiger partial charge in [0, 0.05) is 0 Å². The minimum atomic E-state index is 0.203. The maximum atomic E-state index is 5.28. The van der Waals surface area contributed by atoms with Gasteiger partial charge in [-0.25, -0.2) is 0 Å². The van der Waals surface area contributed by atoms with Crippen LogP contribution >= 0.6 is 43.2 Å². The van der Waals surface area contributed by atoms with E-state index in [-0.39, 0.29) is 6.04 Å². The average Bonchev–Trinajstić information content (AvgIpc) is 2.82. The number of methoxy groups -OCH3 is 1. The minimum Gasteiger partial charge on any atom is -0.496 e. The number of benzene rings is 1. The molecule has 0 fully saturated rings. The van der Waals surface area contributed by atoms with E-state index in [1.54, 1.807) is 18.4 Å². The smallest absolute Gasteiger partial charge is 0.133 e. The molecular weight excluding hydrogens is 390 g/mol. The van der Waals surface area contributed by atoms with Crippen molar-refractivity contribution >= 4 is 43.2 Å². The zero-order valence-corrected chi connectivity index (χ0v) is 14.7. The van der Waals surface area contributed by atoms with E-state index in [2.05, 4.69) is 67.7 Å². The molecule has 102 valence electrons. The van der Waals surface area contributed by atoms with Crippen molar-refractivity contribution in [3.63, 3.8) is 0 Å². The van der Waals surface area contributed by atoms with Crippen LogP contribution in [-0.4, -0.2) is 13.7 Å². The van der Waals surface area contributed by atoms with Crippen LogP contribution in [0, 0.1) is 0 Å². The maximum absolute atomic E-state index is 5.28. The molecule has 1 atom stereocenters. The Morgan fingerprint density at radius 1 is 1.26 bits per heavy atom. The molecule has 5 heteroatoms. The SMILES string of the molecule is CCNC(c1csc(Br)c1)c1ccc(OC)c(Br)c1. The van der Waals surface area contributed by atoms with Gasteiger partial charge in [-0.15, -0.1) is 11.3 Å². The van der Waals surface area contributed by atoms with Crippen molar-refractivity contribution in [2.24, 2.45) is 0 Å². The van der Waals surface area contributed by atoms with Crippen molar-refractivity contribution in [3.05, 3.63) is 49.0 Å². The van der Waals surface area contributed by atoms with Crippen LogP contribution in [0.4, 0.5) is 0 Å². The van der Waals surface area contributed by atoms with E-state index in [1.165, 1.54) is 11.1 Å². The molecule has 1 N–H and O–H groups in total. The molecule has 1 aromatic heterocycles. The summed E-state index contributed by atoms with van der Waals surface area (Å²) >= 11 is 8.77. The highest BCUT2D eigenvalue weighted by molar-refractivity contribution is 9.11. The van der Waals surface area contributed by atoms with E-state index in [9.17, 15) is 0 Å². The molecule has 0 aliphatic heterocycles. The van der Waals surface area contributed by atoms with Crippen LogP contribution in [0.2, 0.25) is 0 Å². The van der Waals surface area contributed by atoms with Crippen LogP contribution in [0.3, 0.4) is 0 Å². The summed E-state index contributed by atoms with van der Waals surface area (Å²) in [6, 6.07) is 8.57. The Balaban J connectivity index is 2.36.